The lowest BCUT2D eigenvalue weighted by Gasteiger charge is -2.15. The molecule has 0 bridgehead atoms. The summed E-state index contributed by atoms with van der Waals surface area (Å²) in [5.74, 6) is 0.611. The first-order chi connectivity index (χ1) is 8.67. The molecule has 1 aromatic rings. The highest BCUT2D eigenvalue weighted by Crippen LogP contribution is 2.20. The minimum atomic E-state index is 0.136. The van der Waals surface area contributed by atoms with Crippen molar-refractivity contribution in [3.05, 3.63) is 23.8 Å². The van der Waals surface area contributed by atoms with Crippen LogP contribution in [-0.4, -0.2) is 40.9 Å². The van der Waals surface area contributed by atoms with E-state index in [1.54, 1.807) is 13.2 Å². The van der Waals surface area contributed by atoms with Crippen molar-refractivity contribution >= 4 is 5.91 Å². The summed E-state index contributed by atoms with van der Waals surface area (Å²) >= 11 is 0. The number of hydrogen-bond donors (Lipinski definition) is 1. The van der Waals surface area contributed by atoms with Crippen LogP contribution >= 0.6 is 0 Å². The zero-order valence-electron chi connectivity index (χ0n) is 11.0. The fraction of sp³-hybridized carbons (Fsp3) is 0.615. The van der Waals surface area contributed by atoms with Gasteiger partial charge in [0.25, 0.3) is 0 Å². The van der Waals surface area contributed by atoms with Crippen LogP contribution in [0.4, 0.5) is 0 Å². The smallest absolute Gasteiger partial charge is 0.220 e. The van der Waals surface area contributed by atoms with Crippen molar-refractivity contribution in [1.82, 2.24) is 20.2 Å². The van der Waals surface area contributed by atoms with Crippen LogP contribution in [0.3, 0.4) is 0 Å². The van der Waals surface area contributed by atoms with Crippen LogP contribution in [0.1, 0.15) is 24.2 Å². The molecule has 5 heteroatoms. The lowest BCUT2D eigenvalue weighted by atomic mass is 10.1. The van der Waals surface area contributed by atoms with Crippen LogP contribution < -0.4 is 5.32 Å². The van der Waals surface area contributed by atoms with E-state index in [1.807, 2.05) is 13.1 Å². The highest BCUT2D eigenvalue weighted by molar-refractivity contribution is 5.75. The van der Waals surface area contributed by atoms with Gasteiger partial charge in [-0.15, -0.1) is 0 Å². The molecule has 0 radical (unpaired) electrons. The highest BCUT2D eigenvalue weighted by Gasteiger charge is 2.24. The largest absolute Gasteiger partial charge is 0.359 e. The van der Waals surface area contributed by atoms with Gasteiger partial charge >= 0.3 is 0 Å². The molecule has 0 spiro atoms. The normalized spacial score (nSPS) is 20.0. The first kappa shape index (κ1) is 13.0. The maximum atomic E-state index is 11.3. The van der Waals surface area contributed by atoms with Gasteiger partial charge in [0.2, 0.25) is 5.91 Å². The molecule has 1 aromatic heterocycles. The molecule has 1 aliphatic heterocycles. The molecular formula is C13H20N4O. The van der Waals surface area contributed by atoms with Crippen molar-refractivity contribution in [3.63, 3.8) is 0 Å². The summed E-state index contributed by atoms with van der Waals surface area (Å²) < 4.78 is 0. The fourth-order valence-electron chi connectivity index (χ4n) is 2.32. The molecule has 98 valence electrons. The lowest BCUT2D eigenvalue weighted by molar-refractivity contribution is -0.121. The van der Waals surface area contributed by atoms with E-state index in [4.69, 9.17) is 0 Å². The van der Waals surface area contributed by atoms with Crippen LogP contribution in [0.25, 0.3) is 0 Å². The summed E-state index contributed by atoms with van der Waals surface area (Å²) in [6.07, 6.45) is 5.36. The number of amides is 1. The van der Waals surface area contributed by atoms with Gasteiger partial charge in [-0.1, -0.05) is 0 Å². The minimum Gasteiger partial charge on any atom is -0.359 e. The van der Waals surface area contributed by atoms with Crippen molar-refractivity contribution in [2.45, 2.75) is 26.3 Å². The molecular weight excluding hydrogens is 228 g/mol. The molecule has 2 rings (SSSR count). The second-order valence-corrected chi connectivity index (χ2v) is 4.92. The molecule has 1 saturated heterocycles. The second-order valence-electron chi connectivity index (χ2n) is 4.92. The predicted octanol–water partition coefficient (Wildman–Crippen LogP) is 0.743. The van der Waals surface area contributed by atoms with E-state index in [0.29, 0.717) is 12.3 Å². The Morgan fingerprint density at radius 2 is 2.33 bits per heavy atom. The zero-order chi connectivity index (χ0) is 13.0. The standard InChI is InChI=1S/C13H20N4O/c1-10-6-16-12(7-15-10)9-17-4-3-11(8-17)5-13(18)14-2/h6-7,11H,3-5,8-9H2,1-2H3,(H,14,18). The molecule has 2 heterocycles. The maximum absolute atomic E-state index is 11.3. The van der Waals surface area contributed by atoms with Crippen molar-refractivity contribution < 1.29 is 4.79 Å². The van der Waals surface area contributed by atoms with E-state index >= 15 is 0 Å². The third-order valence-corrected chi connectivity index (χ3v) is 3.34. The molecule has 1 aliphatic rings. The predicted molar refractivity (Wildman–Crippen MR) is 68.8 cm³/mol. The monoisotopic (exact) mass is 248 g/mol. The average Bonchev–Trinajstić information content (AvgIpc) is 2.79. The SMILES string of the molecule is CNC(=O)CC1CCN(Cc2cnc(C)cn2)C1. The van der Waals surface area contributed by atoms with Gasteiger partial charge in [0.15, 0.2) is 0 Å². The molecule has 5 nitrogen and oxygen atoms in total. The summed E-state index contributed by atoms with van der Waals surface area (Å²) in [6, 6.07) is 0. The average molecular weight is 248 g/mol. The van der Waals surface area contributed by atoms with E-state index in [1.165, 1.54) is 0 Å². The summed E-state index contributed by atoms with van der Waals surface area (Å²) in [5.41, 5.74) is 1.94. The van der Waals surface area contributed by atoms with Gasteiger partial charge in [0, 0.05) is 39.0 Å². The van der Waals surface area contributed by atoms with Crippen LogP contribution in [0.5, 0.6) is 0 Å². The fourth-order valence-corrected chi connectivity index (χ4v) is 2.32. The summed E-state index contributed by atoms with van der Waals surface area (Å²) in [6.45, 7) is 4.78. The first-order valence-corrected chi connectivity index (χ1v) is 6.38. The van der Waals surface area contributed by atoms with E-state index < -0.39 is 0 Å². The van der Waals surface area contributed by atoms with E-state index in [9.17, 15) is 4.79 Å². The first-order valence-electron chi connectivity index (χ1n) is 6.38. The Bertz CT molecular complexity index is 404. The number of hydrogen-bond acceptors (Lipinski definition) is 4. The minimum absolute atomic E-state index is 0.136. The molecule has 1 fully saturated rings. The van der Waals surface area contributed by atoms with Gasteiger partial charge in [0.1, 0.15) is 0 Å². The quantitative estimate of drug-likeness (QED) is 0.854. The number of carbonyl (C=O) groups excluding carboxylic acids is 1. The van der Waals surface area contributed by atoms with Crippen LogP contribution in [0.2, 0.25) is 0 Å². The molecule has 0 saturated carbocycles. The maximum Gasteiger partial charge on any atom is 0.220 e. The van der Waals surface area contributed by atoms with Crippen LogP contribution in [0, 0.1) is 12.8 Å². The van der Waals surface area contributed by atoms with Gasteiger partial charge in [-0.2, -0.15) is 0 Å². The van der Waals surface area contributed by atoms with Crippen LogP contribution in [-0.2, 0) is 11.3 Å². The molecule has 1 amide bonds. The van der Waals surface area contributed by atoms with E-state index in [-0.39, 0.29) is 5.91 Å². The van der Waals surface area contributed by atoms with Gasteiger partial charge in [-0.05, 0) is 25.8 Å². The molecule has 1 N–H and O–H groups in total. The van der Waals surface area contributed by atoms with Gasteiger partial charge < -0.3 is 5.32 Å². The molecule has 0 aliphatic carbocycles. The number of aromatic nitrogens is 2. The van der Waals surface area contributed by atoms with Crippen molar-refractivity contribution in [3.8, 4) is 0 Å². The van der Waals surface area contributed by atoms with E-state index in [2.05, 4.69) is 20.2 Å². The summed E-state index contributed by atoms with van der Waals surface area (Å²) in [7, 11) is 1.69. The number of carbonyl (C=O) groups is 1. The number of aryl methyl sites for hydroxylation is 1. The Labute approximate surface area is 108 Å². The summed E-state index contributed by atoms with van der Waals surface area (Å²) in [5, 5.41) is 2.68. The molecule has 1 atom stereocenters. The van der Waals surface area contributed by atoms with Gasteiger partial charge in [-0.3, -0.25) is 19.7 Å². The number of likely N-dealkylation sites (tertiary alicyclic amines) is 1. The van der Waals surface area contributed by atoms with Crippen molar-refractivity contribution in [2.24, 2.45) is 5.92 Å². The van der Waals surface area contributed by atoms with Crippen molar-refractivity contribution in [1.29, 1.82) is 0 Å². The Hall–Kier alpha value is -1.49. The summed E-state index contributed by atoms with van der Waals surface area (Å²) in [4.78, 5) is 22.3. The van der Waals surface area contributed by atoms with Crippen LogP contribution in [0.15, 0.2) is 12.4 Å². The Morgan fingerprint density at radius 3 is 3.00 bits per heavy atom. The second kappa shape index (κ2) is 5.91. The Morgan fingerprint density at radius 1 is 1.50 bits per heavy atom. The topological polar surface area (TPSA) is 58.1 Å². The van der Waals surface area contributed by atoms with Gasteiger partial charge in [-0.25, -0.2) is 0 Å². The third-order valence-electron chi connectivity index (χ3n) is 3.34. The number of rotatable bonds is 4. The lowest BCUT2D eigenvalue weighted by Crippen LogP contribution is -2.24. The Balaban J connectivity index is 1.82. The highest BCUT2D eigenvalue weighted by atomic mass is 16.1. The molecule has 18 heavy (non-hydrogen) atoms. The molecule has 1 unspecified atom stereocenters. The molecule has 0 aromatic carbocycles. The van der Waals surface area contributed by atoms with E-state index in [0.717, 1.165) is 37.4 Å². The Kier molecular flexibility index (Phi) is 4.25. The number of nitrogens with one attached hydrogen (secondary N) is 1. The van der Waals surface area contributed by atoms with Gasteiger partial charge in [0.05, 0.1) is 11.4 Å². The zero-order valence-corrected chi connectivity index (χ0v) is 11.0. The number of nitrogens with zero attached hydrogens (tertiary/aromatic N) is 3. The third kappa shape index (κ3) is 3.50. The van der Waals surface area contributed by atoms with Crippen molar-refractivity contribution in [2.75, 3.05) is 20.1 Å².